The van der Waals surface area contributed by atoms with Crippen LogP contribution in [0.25, 0.3) is 6.08 Å². The summed E-state index contributed by atoms with van der Waals surface area (Å²) in [6.07, 6.45) is 1.47. The first-order valence-corrected chi connectivity index (χ1v) is 11.8. The number of carbonyl (C=O) groups excluding carboxylic acids is 1. The van der Waals surface area contributed by atoms with Gasteiger partial charge in [-0.25, -0.2) is 0 Å². The lowest BCUT2D eigenvalue weighted by Gasteiger charge is -2.15. The molecule has 0 bridgehead atoms. The van der Waals surface area contributed by atoms with E-state index in [0.29, 0.717) is 50.0 Å². The summed E-state index contributed by atoms with van der Waals surface area (Å²) < 4.78 is 12.3. The van der Waals surface area contributed by atoms with Gasteiger partial charge in [0, 0.05) is 20.7 Å². The molecule has 3 rings (SSSR count). The Morgan fingerprint density at radius 2 is 1.86 bits per heavy atom. The highest BCUT2D eigenvalue weighted by atomic mass is 79.9. The zero-order chi connectivity index (χ0) is 25.4. The van der Waals surface area contributed by atoms with Crippen LogP contribution in [0, 0.1) is 29.6 Å². The molecule has 8 heteroatoms. The number of ether oxygens (including phenoxy) is 2. The SMILES string of the molecule is CCOc1cc(/C=C(\C#N)C(=O)Nc2cccc(Cl)c2C)c(Br)cc1OCc1ccccc1C#N. The lowest BCUT2D eigenvalue weighted by molar-refractivity contribution is -0.112. The number of nitriles is 2. The number of nitrogens with one attached hydrogen (secondary N) is 1. The zero-order valence-corrected chi connectivity index (χ0v) is 21.4. The number of hydrogen-bond donors (Lipinski definition) is 1. The maximum Gasteiger partial charge on any atom is 0.266 e. The van der Waals surface area contributed by atoms with Crippen molar-refractivity contribution in [2.45, 2.75) is 20.5 Å². The van der Waals surface area contributed by atoms with Crippen molar-refractivity contribution >= 4 is 45.2 Å². The van der Waals surface area contributed by atoms with E-state index in [1.807, 2.05) is 25.1 Å². The molecule has 6 nitrogen and oxygen atoms in total. The third-order valence-electron chi connectivity index (χ3n) is 5.06. The van der Waals surface area contributed by atoms with E-state index in [4.69, 9.17) is 21.1 Å². The first-order valence-electron chi connectivity index (χ1n) is 10.6. The van der Waals surface area contributed by atoms with Crippen LogP contribution >= 0.6 is 27.5 Å². The molecule has 0 aliphatic carbocycles. The van der Waals surface area contributed by atoms with E-state index in [1.165, 1.54) is 6.08 Å². The number of anilines is 1. The number of benzene rings is 3. The van der Waals surface area contributed by atoms with Crippen LogP contribution < -0.4 is 14.8 Å². The molecule has 1 N–H and O–H groups in total. The van der Waals surface area contributed by atoms with Gasteiger partial charge in [0.1, 0.15) is 18.2 Å². The lowest BCUT2D eigenvalue weighted by atomic mass is 10.1. The molecule has 0 heterocycles. The Morgan fingerprint density at radius 1 is 1.11 bits per heavy atom. The molecule has 0 atom stereocenters. The number of rotatable bonds is 8. The van der Waals surface area contributed by atoms with Gasteiger partial charge in [0.15, 0.2) is 11.5 Å². The summed E-state index contributed by atoms with van der Waals surface area (Å²) >= 11 is 9.62. The molecule has 3 aromatic carbocycles. The number of carbonyl (C=O) groups is 1. The van der Waals surface area contributed by atoms with Crippen molar-refractivity contribution in [3.63, 3.8) is 0 Å². The van der Waals surface area contributed by atoms with Crippen LogP contribution in [-0.2, 0) is 11.4 Å². The van der Waals surface area contributed by atoms with Gasteiger partial charge >= 0.3 is 0 Å². The molecule has 0 aliphatic heterocycles. The Morgan fingerprint density at radius 3 is 2.57 bits per heavy atom. The van der Waals surface area contributed by atoms with Crippen molar-refractivity contribution in [2.24, 2.45) is 0 Å². The van der Waals surface area contributed by atoms with E-state index in [2.05, 4.69) is 27.3 Å². The van der Waals surface area contributed by atoms with Gasteiger partial charge in [-0.05, 0) is 61.4 Å². The molecule has 0 fully saturated rings. The molecule has 0 saturated carbocycles. The van der Waals surface area contributed by atoms with E-state index in [9.17, 15) is 15.3 Å². The van der Waals surface area contributed by atoms with Crippen LogP contribution in [0.4, 0.5) is 5.69 Å². The van der Waals surface area contributed by atoms with Gasteiger partial charge in [-0.15, -0.1) is 0 Å². The van der Waals surface area contributed by atoms with Crippen LogP contribution in [0.5, 0.6) is 11.5 Å². The van der Waals surface area contributed by atoms with Gasteiger partial charge in [0.2, 0.25) is 0 Å². The zero-order valence-electron chi connectivity index (χ0n) is 19.1. The molecule has 0 aromatic heterocycles. The predicted octanol–water partition coefficient (Wildman–Crippen LogP) is 6.81. The Bertz CT molecular complexity index is 1370. The van der Waals surface area contributed by atoms with Crippen LogP contribution in [0.1, 0.15) is 29.2 Å². The summed E-state index contributed by atoms with van der Waals surface area (Å²) in [5, 5.41) is 22.2. The molecule has 176 valence electrons. The molecule has 1 amide bonds. The Labute approximate surface area is 217 Å². The van der Waals surface area contributed by atoms with Crippen LogP contribution in [0.3, 0.4) is 0 Å². The Hall–Kier alpha value is -3.78. The molecule has 3 aromatic rings. The number of halogens is 2. The molecule has 0 spiro atoms. The van der Waals surface area contributed by atoms with Crippen molar-refractivity contribution in [1.29, 1.82) is 10.5 Å². The highest BCUT2D eigenvalue weighted by Crippen LogP contribution is 2.36. The number of nitrogens with zero attached hydrogens (tertiary/aromatic N) is 2. The minimum absolute atomic E-state index is 0.0934. The second kappa shape index (κ2) is 12.1. The van der Waals surface area contributed by atoms with Crippen molar-refractivity contribution in [2.75, 3.05) is 11.9 Å². The molecule has 35 heavy (non-hydrogen) atoms. The van der Waals surface area contributed by atoms with Gasteiger partial charge in [-0.2, -0.15) is 10.5 Å². The van der Waals surface area contributed by atoms with Gasteiger partial charge in [0.05, 0.1) is 18.2 Å². The van der Waals surface area contributed by atoms with Crippen molar-refractivity contribution in [3.05, 3.63) is 91.9 Å². The quantitative estimate of drug-likeness (QED) is 0.246. The monoisotopic (exact) mass is 549 g/mol. The van der Waals surface area contributed by atoms with E-state index in [1.54, 1.807) is 49.4 Å². The first-order chi connectivity index (χ1) is 16.9. The third-order valence-corrected chi connectivity index (χ3v) is 6.16. The van der Waals surface area contributed by atoms with Gasteiger partial charge in [0.25, 0.3) is 5.91 Å². The van der Waals surface area contributed by atoms with Crippen LogP contribution in [0.15, 0.2) is 64.6 Å². The molecule has 0 aliphatic rings. The lowest BCUT2D eigenvalue weighted by Crippen LogP contribution is -2.14. The fourth-order valence-corrected chi connectivity index (χ4v) is 3.80. The predicted molar refractivity (Wildman–Crippen MR) is 139 cm³/mol. The van der Waals surface area contributed by atoms with Gasteiger partial charge in [-0.1, -0.05) is 51.8 Å². The second-order valence-electron chi connectivity index (χ2n) is 7.35. The summed E-state index contributed by atoms with van der Waals surface area (Å²) in [6.45, 7) is 4.19. The summed E-state index contributed by atoms with van der Waals surface area (Å²) in [4.78, 5) is 12.8. The average molecular weight is 551 g/mol. The largest absolute Gasteiger partial charge is 0.490 e. The minimum atomic E-state index is -0.559. The highest BCUT2D eigenvalue weighted by Gasteiger charge is 2.16. The van der Waals surface area contributed by atoms with Crippen molar-refractivity contribution in [1.82, 2.24) is 0 Å². The highest BCUT2D eigenvalue weighted by molar-refractivity contribution is 9.10. The fourth-order valence-electron chi connectivity index (χ4n) is 3.19. The molecule has 0 unspecified atom stereocenters. The summed E-state index contributed by atoms with van der Waals surface area (Å²) in [5.41, 5.74) is 2.98. The Kier molecular flexibility index (Phi) is 8.92. The van der Waals surface area contributed by atoms with Gasteiger partial charge in [-0.3, -0.25) is 4.79 Å². The Balaban J connectivity index is 1.88. The van der Waals surface area contributed by atoms with E-state index < -0.39 is 5.91 Å². The summed E-state index contributed by atoms with van der Waals surface area (Å²) in [5.74, 6) is 0.345. The van der Waals surface area contributed by atoms with Crippen LogP contribution in [0.2, 0.25) is 5.02 Å². The molecule has 0 radical (unpaired) electrons. The number of hydrogen-bond acceptors (Lipinski definition) is 5. The standard InChI is InChI=1S/C27H21BrClN3O3/c1-3-34-25-12-20(11-21(15-31)27(33)32-24-10-6-9-23(29)17(24)2)22(28)13-26(25)35-16-19-8-5-4-7-18(19)14-30/h4-13H,3,16H2,1-2H3,(H,32,33)/b21-11+. The topological polar surface area (TPSA) is 95.1 Å². The summed E-state index contributed by atoms with van der Waals surface area (Å²) in [7, 11) is 0. The third kappa shape index (κ3) is 6.42. The minimum Gasteiger partial charge on any atom is -0.490 e. The molecule has 0 saturated heterocycles. The van der Waals surface area contributed by atoms with E-state index in [-0.39, 0.29) is 12.2 Å². The van der Waals surface area contributed by atoms with Gasteiger partial charge < -0.3 is 14.8 Å². The van der Waals surface area contributed by atoms with Crippen molar-refractivity contribution < 1.29 is 14.3 Å². The molecular weight excluding hydrogens is 530 g/mol. The second-order valence-corrected chi connectivity index (χ2v) is 8.61. The first kappa shape index (κ1) is 25.8. The fraction of sp³-hybridized carbons (Fsp3) is 0.148. The normalized spacial score (nSPS) is 10.7. The maximum absolute atomic E-state index is 12.8. The van der Waals surface area contributed by atoms with E-state index >= 15 is 0 Å². The van der Waals surface area contributed by atoms with E-state index in [0.717, 1.165) is 5.56 Å². The average Bonchev–Trinajstić information content (AvgIpc) is 2.86. The summed E-state index contributed by atoms with van der Waals surface area (Å²) in [6, 6.07) is 19.8. The van der Waals surface area contributed by atoms with Crippen LogP contribution in [-0.4, -0.2) is 12.5 Å². The number of amides is 1. The van der Waals surface area contributed by atoms with Crippen molar-refractivity contribution in [3.8, 4) is 23.6 Å². The molecular formula is C27H21BrClN3O3. The smallest absolute Gasteiger partial charge is 0.266 e. The maximum atomic E-state index is 12.8.